The molecule has 0 aromatic heterocycles. The maximum absolute atomic E-state index is 13.1. The maximum atomic E-state index is 13.1. The van der Waals surface area contributed by atoms with Crippen LogP contribution in [0.1, 0.15) is 82.6 Å². The van der Waals surface area contributed by atoms with E-state index >= 15 is 0 Å². The van der Waals surface area contributed by atoms with E-state index in [4.69, 9.17) is 11.6 Å². The van der Waals surface area contributed by atoms with Crippen LogP contribution < -0.4 is 15.5 Å². The first-order chi connectivity index (χ1) is 14.7. The molecule has 1 heterocycles. The van der Waals surface area contributed by atoms with Crippen molar-refractivity contribution in [3.05, 3.63) is 28.3 Å². The number of piperidine rings is 1. The Bertz CT molecular complexity index is 761. The van der Waals surface area contributed by atoms with Crippen molar-refractivity contribution in [3.63, 3.8) is 0 Å². The number of carbonyl (C=O) groups excluding carboxylic acids is 2. The third-order valence-electron chi connectivity index (χ3n) is 6.54. The zero-order valence-electron chi connectivity index (χ0n) is 20.1. The minimum Gasteiger partial charge on any atom is -0.369 e. The first-order valence-electron chi connectivity index (χ1n) is 11.9. The molecule has 1 fully saturated rings. The fourth-order valence-electron chi connectivity index (χ4n) is 4.93. The molecule has 1 saturated heterocycles. The summed E-state index contributed by atoms with van der Waals surface area (Å²) >= 11 is 6.47. The molecular formula is C25H40ClN3O2. The Hall–Kier alpha value is -1.75. The van der Waals surface area contributed by atoms with Gasteiger partial charge in [-0.3, -0.25) is 9.59 Å². The van der Waals surface area contributed by atoms with Crippen molar-refractivity contribution in [1.82, 2.24) is 10.6 Å². The molecule has 0 radical (unpaired) electrons. The summed E-state index contributed by atoms with van der Waals surface area (Å²) in [5, 5.41) is 6.56. The minimum absolute atomic E-state index is 0.0224. The number of nitrogens with one attached hydrogen (secondary N) is 2. The van der Waals surface area contributed by atoms with Gasteiger partial charge in [-0.1, -0.05) is 45.2 Å². The Morgan fingerprint density at radius 1 is 1.23 bits per heavy atom. The Morgan fingerprint density at radius 3 is 2.42 bits per heavy atom. The van der Waals surface area contributed by atoms with Crippen LogP contribution in [-0.4, -0.2) is 37.0 Å². The van der Waals surface area contributed by atoms with E-state index < -0.39 is 0 Å². The highest BCUT2D eigenvalue weighted by atomic mass is 35.5. The van der Waals surface area contributed by atoms with Crippen molar-refractivity contribution < 1.29 is 9.59 Å². The fourth-order valence-corrected chi connectivity index (χ4v) is 5.14. The van der Waals surface area contributed by atoms with Gasteiger partial charge in [-0.2, -0.15) is 0 Å². The van der Waals surface area contributed by atoms with Crippen LogP contribution in [0.2, 0.25) is 5.02 Å². The molecule has 2 N–H and O–H groups in total. The van der Waals surface area contributed by atoms with Gasteiger partial charge in [-0.25, -0.2) is 0 Å². The maximum Gasteiger partial charge on any atom is 0.251 e. The zero-order chi connectivity index (χ0) is 23.1. The summed E-state index contributed by atoms with van der Waals surface area (Å²) in [6.45, 7) is 13.9. The van der Waals surface area contributed by atoms with Gasteiger partial charge in [-0.05, 0) is 63.6 Å². The second-order valence-electron chi connectivity index (χ2n) is 9.05. The third kappa shape index (κ3) is 6.38. The average molecular weight is 450 g/mol. The van der Waals surface area contributed by atoms with Gasteiger partial charge in [0.2, 0.25) is 5.91 Å². The van der Waals surface area contributed by atoms with Crippen LogP contribution in [0.15, 0.2) is 12.1 Å². The van der Waals surface area contributed by atoms with Gasteiger partial charge in [0.05, 0.1) is 5.92 Å². The van der Waals surface area contributed by atoms with Crippen LogP contribution in [-0.2, 0) is 4.79 Å². The van der Waals surface area contributed by atoms with Crippen molar-refractivity contribution in [1.29, 1.82) is 0 Å². The van der Waals surface area contributed by atoms with Crippen LogP contribution in [0.4, 0.5) is 5.69 Å². The molecule has 5 nitrogen and oxygen atoms in total. The summed E-state index contributed by atoms with van der Waals surface area (Å²) in [6, 6.07) is 4.34. The van der Waals surface area contributed by atoms with Crippen molar-refractivity contribution in [2.75, 3.05) is 18.0 Å². The summed E-state index contributed by atoms with van der Waals surface area (Å²) in [5.41, 5.74) is 2.56. The Labute approximate surface area is 193 Å². The van der Waals surface area contributed by atoms with Crippen LogP contribution in [0, 0.1) is 18.8 Å². The molecule has 0 spiro atoms. The molecule has 2 rings (SSSR count). The normalized spacial score (nSPS) is 21.2. The van der Waals surface area contributed by atoms with E-state index in [-0.39, 0.29) is 29.7 Å². The minimum atomic E-state index is -0.204. The van der Waals surface area contributed by atoms with E-state index in [0.29, 0.717) is 23.2 Å². The van der Waals surface area contributed by atoms with Gasteiger partial charge in [-0.15, -0.1) is 0 Å². The van der Waals surface area contributed by atoms with Gasteiger partial charge >= 0.3 is 0 Å². The molecule has 31 heavy (non-hydrogen) atoms. The lowest BCUT2D eigenvalue weighted by atomic mass is 9.84. The van der Waals surface area contributed by atoms with Crippen LogP contribution >= 0.6 is 11.6 Å². The first kappa shape index (κ1) is 25.5. The van der Waals surface area contributed by atoms with E-state index in [1.807, 2.05) is 19.9 Å². The number of rotatable bonds is 10. The molecule has 0 saturated carbocycles. The lowest BCUT2D eigenvalue weighted by Crippen LogP contribution is -2.50. The molecule has 1 aromatic rings. The van der Waals surface area contributed by atoms with Crippen LogP contribution in [0.25, 0.3) is 0 Å². The highest BCUT2D eigenvalue weighted by Gasteiger charge is 2.32. The molecule has 2 amide bonds. The number of amides is 2. The molecular weight excluding hydrogens is 410 g/mol. The number of carbonyl (C=O) groups is 2. The van der Waals surface area contributed by atoms with E-state index in [9.17, 15) is 9.59 Å². The number of anilines is 1. The molecule has 3 atom stereocenters. The standard InChI is InChI=1S/C25H40ClN3O2/c1-7-10-20(11-8-2)29(9-3)23-14-19(26)13-21(18(23)6)24(30)27-15-22-16(4)12-17(5)28-25(22)31/h13-14,16-17,20,22H,7-12,15H2,1-6H3,(H,27,30)(H,28,31). The van der Waals surface area contributed by atoms with Gasteiger partial charge < -0.3 is 15.5 Å². The number of hydrogen-bond donors (Lipinski definition) is 2. The van der Waals surface area contributed by atoms with E-state index in [2.05, 4.69) is 43.2 Å². The monoisotopic (exact) mass is 449 g/mol. The third-order valence-corrected chi connectivity index (χ3v) is 6.76. The molecule has 3 unspecified atom stereocenters. The fraction of sp³-hybridized carbons (Fsp3) is 0.680. The van der Waals surface area contributed by atoms with Gasteiger partial charge in [0, 0.05) is 41.4 Å². The molecule has 0 aliphatic carbocycles. The highest BCUT2D eigenvalue weighted by molar-refractivity contribution is 6.31. The predicted molar refractivity (Wildman–Crippen MR) is 130 cm³/mol. The van der Waals surface area contributed by atoms with E-state index in [1.165, 1.54) is 0 Å². The summed E-state index contributed by atoms with van der Waals surface area (Å²) in [5.74, 6) is -0.114. The SMILES string of the molecule is CCCC(CCC)N(CC)c1cc(Cl)cc(C(=O)NCC2C(=O)NC(C)CC2C)c1C. The highest BCUT2D eigenvalue weighted by Crippen LogP contribution is 2.31. The Morgan fingerprint density at radius 2 is 1.87 bits per heavy atom. The molecule has 0 bridgehead atoms. The number of halogens is 1. The van der Waals surface area contributed by atoms with Crippen LogP contribution in [0.3, 0.4) is 0 Å². The molecule has 1 aliphatic rings. The lowest BCUT2D eigenvalue weighted by Gasteiger charge is -2.35. The van der Waals surface area contributed by atoms with Crippen molar-refractivity contribution in [2.24, 2.45) is 11.8 Å². The number of benzene rings is 1. The summed E-state index contributed by atoms with van der Waals surface area (Å²) < 4.78 is 0. The predicted octanol–water partition coefficient (Wildman–Crippen LogP) is 5.33. The topological polar surface area (TPSA) is 61.4 Å². The quantitative estimate of drug-likeness (QED) is 0.507. The number of hydrogen-bond acceptors (Lipinski definition) is 3. The Kier molecular flexibility index (Phi) is 9.67. The zero-order valence-corrected chi connectivity index (χ0v) is 20.8. The van der Waals surface area contributed by atoms with Crippen LogP contribution in [0.5, 0.6) is 0 Å². The average Bonchev–Trinajstić information content (AvgIpc) is 2.70. The molecule has 1 aromatic carbocycles. The molecule has 6 heteroatoms. The summed E-state index contributed by atoms with van der Waals surface area (Å²) in [4.78, 5) is 27.9. The second kappa shape index (κ2) is 11.8. The number of nitrogens with zero attached hydrogens (tertiary/aromatic N) is 1. The van der Waals surface area contributed by atoms with Crippen molar-refractivity contribution >= 4 is 29.1 Å². The largest absolute Gasteiger partial charge is 0.369 e. The summed E-state index contributed by atoms with van der Waals surface area (Å²) in [7, 11) is 0. The van der Waals surface area contributed by atoms with Gasteiger partial charge in [0.15, 0.2) is 0 Å². The molecule has 174 valence electrons. The van der Waals surface area contributed by atoms with Gasteiger partial charge in [0.1, 0.15) is 0 Å². The van der Waals surface area contributed by atoms with E-state index in [0.717, 1.165) is 49.9 Å². The van der Waals surface area contributed by atoms with Crippen molar-refractivity contribution in [2.45, 2.75) is 85.7 Å². The van der Waals surface area contributed by atoms with E-state index in [1.54, 1.807) is 6.07 Å². The first-order valence-corrected chi connectivity index (χ1v) is 12.3. The molecule has 1 aliphatic heterocycles. The van der Waals surface area contributed by atoms with Crippen molar-refractivity contribution in [3.8, 4) is 0 Å². The smallest absolute Gasteiger partial charge is 0.251 e. The van der Waals surface area contributed by atoms with Gasteiger partial charge in [0.25, 0.3) is 5.91 Å². The second-order valence-corrected chi connectivity index (χ2v) is 9.49. The Balaban J connectivity index is 2.24. The lowest BCUT2D eigenvalue weighted by molar-refractivity contribution is -0.129. The summed E-state index contributed by atoms with van der Waals surface area (Å²) in [6.07, 6.45) is 5.39.